The third kappa shape index (κ3) is 3.93. The van der Waals surface area contributed by atoms with Crippen LogP contribution in [0.5, 0.6) is 0 Å². The molecule has 0 aliphatic carbocycles. The van der Waals surface area contributed by atoms with Crippen molar-refractivity contribution >= 4 is 5.91 Å². The van der Waals surface area contributed by atoms with Crippen LogP contribution in [0.3, 0.4) is 0 Å². The smallest absolute Gasteiger partial charge is 0.249 e. The van der Waals surface area contributed by atoms with Gasteiger partial charge >= 0.3 is 0 Å². The zero-order valence-electron chi connectivity index (χ0n) is 10.1. The van der Waals surface area contributed by atoms with Gasteiger partial charge in [0, 0.05) is 12.1 Å². The summed E-state index contributed by atoms with van der Waals surface area (Å²) in [7, 11) is 0. The zero-order chi connectivity index (χ0) is 12.7. The Morgan fingerprint density at radius 1 is 1.53 bits per heavy atom. The summed E-state index contributed by atoms with van der Waals surface area (Å²) in [5, 5.41) is 3.24. The maximum absolute atomic E-state index is 11.2. The van der Waals surface area contributed by atoms with Crippen LogP contribution >= 0.6 is 0 Å². The molecule has 3 nitrogen and oxygen atoms in total. The molecule has 1 amide bonds. The standard InChI is InChI=1S/C14H18N2O/c1-3-7-12(4-2)16-10-11-8-5-6-9-13(11)14(15)17/h2,5-6,8-9,12,16H,3,7,10H2,1H3,(H2,15,17). The molecule has 1 rings (SSSR count). The first kappa shape index (κ1) is 13.3. The second-order valence-electron chi connectivity index (χ2n) is 3.91. The molecule has 1 aromatic rings. The first-order valence-corrected chi connectivity index (χ1v) is 5.76. The summed E-state index contributed by atoms with van der Waals surface area (Å²) in [5.74, 6) is 2.29. The Bertz CT molecular complexity index is 420. The quantitative estimate of drug-likeness (QED) is 0.730. The van der Waals surface area contributed by atoms with Crippen LogP contribution in [-0.2, 0) is 6.54 Å². The van der Waals surface area contributed by atoms with Crippen LogP contribution in [-0.4, -0.2) is 11.9 Å². The monoisotopic (exact) mass is 230 g/mol. The van der Waals surface area contributed by atoms with E-state index in [9.17, 15) is 4.79 Å². The molecular formula is C14H18N2O. The molecule has 0 aliphatic rings. The van der Waals surface area contributed by atoms with Gasteiger partial charge in [0.2, 0.25) is 5.91 Å². The third-order valence-corrected chi connectivity index (χ3v) is 2.60. The zero-order valence-corrected chi connectivity index (χ0v) is 10.1. The maximum Gasteiger partial charge on any atom is 0.249 e. The van der Waals surface area contributed by atoms with Crippen molar-refractivity contribution in [2.24, 2.45) is 5.73 Å². The number of carbonyl (C=O) groups is 1. The Labute approximate surface area is 102 Å². The summed E-state index contributed by atoms with van der Waals surface area (Å²) in [5.41, 5.74) is 6.74. The summed E-state index contributed by atoms with van der Waals surface area (Å²) in [4.78, 5) is 11.2. The minimum absolute atomic E-state index is 0.0425. The van der Waals surface area contributed by atoms with Crippen molar-refractivity contribution in [3.8, 4) is 12.3 Å². The Kier molecular flexibility index (Phi) is 5.25. The molecule has 0 radical (unpaired) electrons. The number of amides is 1. The van der Waals surface area contributed by atoms with Crippen LogP contribution in [0.1, 0.15) is 35.7 Å². The lowest BCUT2D eigenvalue weighted by molar-refractivity contribution is 0.0999. The summed E-state index contributed by atoms with van der Waals surface area (Å²) >= 11 is 0. The molecular weight excluding hydrogens is 212 g/mol. The summed E-state index contributed by atoms with van der Waals surface area (Å²) in [6, 6.07) is 7.33. The third-order valence-electron chi connectivity index (χ3n) is 2.60. The Balaban J connectivity index is 2.69. The predicted octanol–water partition coefficient (Wildman–Crippen LogP) is 1.68. The second kappa shape index (κ2) is 6.72. The number of rotatable bonds is 6. The van der Waals surface area contributed by atoms with E-state index in [-0.39, 0.29) is 6.04 Å². The molecule has 0 heterocycles. The highest BCUT2D eigenvalue weighted by Gasteiger charge is 2.08. The molecule has 0 aromatic heterocycles. The molecule has 1 aromatic carbocycles. The number of nitrogens with one attached hydrogen (secondary N) is 1. The van der Waals surface area contributed by atoms with Gasteiger partial charge in [0.15, 0.2) is 0 Å². The van der Waals surface area contributed by atoms with E-state index >= 15 is 0 Å². The molecule has 0 aliphatic heterocycles. The van der Waals surface area contributed by atoms with Gasteiger partial charge in [-0.15, -0.1) is 6.42 Å². The predicted molar refractivity (Wildman–Crippen MR) is 69.3 cm³/mol. The van der Waals surface area contributed by atoms with E-state index in [4.69, 9.17) is 12.2 Å². The number of nitrogens with two attached hydrogens (primary N) is 1. The number of terminal acetylenes is 1. The van der Waals surface area contributed by atoms with E-state index in [0.29, 0.717) is 12.1 Å². The molecule has 90 valence electrons. The van der Waals surface area contributed by atoms with Gasteiger partial charge in [0.05, 0.1) is 6.04 Å². The van der Waals surface area contributed by atoms with Crippen molar-refractivity contribution in [3.05, 3.63) is 35.4 Å². The van der Waals surface area contributed by atoms with E-state index in [0.717, 1.165) is 18.4 Å². The topological polar surface area (TPSA) is 55.1 Å². The van der Waals surface area contributed by atoms with Crippen molar-refractivity contribution in [1.29, 1.82) is 0 Å². The summed E-state index contributed by atoms with van der Waals surface area (Å²) < 4.78 is 0. The van der Waals surface area contributed by atoms with E-state index in [1.807, 2.05) is 12.1 Å². The average Bonchev–Trinajstić information content (AvgIpc) is 2.34. The van der Waals surface area contributed by atoms with Gasteiger partial charge in [0.1, 0.15) is 0 Å². The van der Waals surface area contributed by atoms with Crippen molar-refractivity contribution in [1.82, 2.24) is 5.32 Å². The van der Waals surface area contributed by atoms with Gasteiger partial charge in [-0.25, -0.2) is 0 Å². The lowest BCUT2D eigenvalue weighted by Crippen LogP contribution is -2.28. The first-order valence-electron chi connectivity index (χ1n) is 5.76. The number of hydrogen-bond acceptors (Lipinski definition) is 2. The summed E-state index contributed by atoms with van der Waals surface area (Å²) in [6.45, 7) is 2.65. The van der Waals surface area contributed by atoms with Gasteiger partial charge < -0.3 is 5.73 Å². The molecule has 3 N–H and O–H groups in total. The van der Waals surface area contributed by atoms with E-state index in [2.05, 4.69) is 18.2 Å². The lowest BCUT2D eigenvalue weighted by Gasteiger charge is -2.13. The Morgan fingerprint density at radius 3 is 2.82 bits per heavy atom. The van der Waals surface area contributed by atoms with Crippen LogP contribution in [0.25, 0.3) is 0 Å². The van der Waals surface area contributed by atoms with E-state index in [1.54, 1.807) is 12.1 Å². The summed E-state index contributed by atoms with van der Waals surface area (Å²) in [6.07, 6.45) is 7.37. The molecule has 0 saturated carbocycles. The molecule has 0 saturated heterocycles. The van der Waals surface area contributed by atoms with Gasteiger partial charge in [-0.05, 0) is 18.1 Å². The van der Waals surface area contributed by atoms with Gasteiger partial charge in [-0.2, -0.15) is 0 Å². The fourth-order valence-electron chi connectivity index (χ4n) is 1.68. The molecule has 0 bridgehead atoms. The van der Waals surface area contributed by atoms with Crippen molar-refractivity contribution in [2.45, 2.75) is 32.4 Å². The number of primary amides is 1. The van der Waals surface area contributed by atoms with Crippen molar-refractivity contribution < 1.29 is 4.79 Å². The normalized spacial score (nSPS) is 11.8. The molecule has 0 spiro atoms. The molecule has 1 unspecified atom stereocenters. The number of carbonyl (C=O) groups excluding carboxylic acids is 1. The fourth-order valence-corrected chi connectivity index (χ4v) is 1.68. The maximum atomic E-state index is 11.2. The molecule has 17 heavy (non-hydrogen) atoms. The van der Waals surface area contributed by atoms with E-state index in [1.165, 1.54) is 0 Å². The number of benzene rings is 1. The van der Waals surface area contributed by atoms with Crippen LogP contribution in [0.15, 0.2) is 24.3 Å². The fraction of sp³-hybridized carbons (Fsp3) is 0.357. The molecule has 0 fully saturated rings. The lowest BCUT2D eigenvalue weighted by atomic mass is 10.1. The first-order chi connectivity index (χ1) is 8.19. The molecule has 1 atom stereocenters. The highest BCUT2D eigenvalue weighted by molar-refractivity contribution is 5.94. The van der Waals surface area contributed by atoms with Crippen molar-refractivity contribution in [2.75, 3.05) is 0 Å². The molecule has 3 heteroatoms. The Morgan fingerprint density at radius 2 is 2.24 bits per heavy atom. The van der Waals surface area contributed by atoms with Gasteiger partial charge in [-0.1, -0.05) is 37.5 Å². The van der Waals surface area contributed by atoms with Crippen LogP contribution in [0, 0.1) is 12.3 Å². The number of hydrogen-bond donors (Lipinski definition) is 2. The average molecular weight is 230 g/mol. The van der Waals surface area contributed by atoms with Crippen molar-refractivity contribution in [3.63, 3.8) is 0 Å². The van der Waals surface area contributed by atoms with Crippen LogP contribution < -0.4 is 11.1 Å². The van der Waals surface area contributed by atoms with Gasteiger partial charge in [-0.3, -0.25) is 10.1 Å². The largest absolute Gasteiger partial charge is 0.366 e. The van der Waals surface area contributed by atoms with Crippen LogP contribution in [0.2, 0.25) is 0 Å². The van der Waals surface area contributed by atoms with E-state index < -0.39 is 5.91 Å². The highest BCUT2D eigenvalue weighted by atomic mass is 16.1. The van der Waals surface area contributed by atoms with Crippen LogP contribution in [0.4, 0.5) is 0 Å². The Hall–Kier alpha value is -1.79. The minimum atomic E-state index is -0.407. The minimum Gasteiger partial charge on any atom is -0.366 e. The highest BCUT2D eigenvalue weighted by Crippen LogP contribution is 2.08. The second-order valence-corrected chi connectivity index (χ2v) is 3.91. The SMILES string of the molecule is C#CC(CCC)NCc1ccccc1C(N)=O. The van der Waals surface area contributed by atoms with Gasteiger partial charge in [0.25, 0.3) is 0 Å².